The quantitative estimate of drug-likeness (QED) is 0.432. The molecular weight excluding hydrogens is 396 g/mol. The van der Waals surface area contributed by atoms with Gasteiger partial charge in [0.1, 0.15) is 5.75 Å². The second-order valence-electron chi connectivity index (χ2n) is 7.06. The summed E-state index contributed by atoms with van der Waals surface area (Å²) in [5.74, 6) is 0.807. The Hall–Kier alpha value is -3.58. The Balaban J connectivity index is 1.66. The van der Waals surface area contributed by atoms with Gasteiger partial charge in [-0.2, -0.15) is 0 Å². The zero-order chi connectivity index (χ0) is 20.8. The molecule has 7 heteroatoms. The molecule has 150 valence electrons. The van der Waals surface area contributed by atoms with E-state index in [0.717, 1.165) is 39.0 Å². The molecule has 5 aromatic rings. The van der Waals surface area contributed by atoms with E-state index in [9.17, 15) is 4.79 Å². The zero-order valence-corrected chi connectivity index (χ0v) is 17.7. The predicted octanol–water partition coefficient (Wildman–Crippen LogP) is 4.54. The van der Waals surface area contributed by atoms with Crippen molar-refractivity contribution in [2.75, 3.05) is 7.11 Å². The number of benzene rings is 2. The number of hydrogen-bond acceptors (Lipinski definition) is 4. The standard InChI is InChI=1S/C23H20N4O2S/c1-15-21(22(28)27(25(15)2)17-7-5-4-6-8-17)20-14-30-23-24-19(13-26(20)23)16-9-11-18(29-3)12-10-16/h4-14H,1-3H3. The molecule has 0 bridgehead atoms. The number of nitrogens with zero attached hydrogens (tertiary/aromatic N) is 4. The molecule has 0 radical (unpaired) electrons. The minimum absolute atomic E-state index is 0.0411. The second kappa shape index (κ2) is 7.03. The molecule has 6 nitrogen and oxygen atoms in total. The number of para-hydroxylation sites is 1. The number of hydrogen-bond donors (Lipinski definition) is 0. The van der Waals surface area contributed by atoms with E-state index in [1.165, 1.54) is 11.3 Å². The molecule has 0 aliphatic rings. The number of fused-ring (bicyclic) bond motifs is 1. The third-order valence-corrected chi connectivity index (χ3v) is 6.25. The molecule has 0 amide bonds. The van der Waals surface area contributed by atoms with Crippen LogP contribution < -0.4 is 10.3 Å². The highest BCUT2D eigenvalue weighted by Gasteiger charge is 2.21. The molecule has 0 aliphatic heterocycles. The van der Waals surface area contributed by atoms with Crippen LogP contribution in [0.5, 0.6) is 5.75 Å². The molecule has 0 atom stereocenters. The number of rotatable bonds is 4. The second-order valence-corrected chi connectivity index (χ2v) is 7.90. The summed E-state index contributed by atoms with van der Waals surface area (Å²) in [5.41, 5.74) is 5.12. The Bertz CT molecular complexity index is 1410. The highest BCUT2D eigenvalue weighted by molar-refractivity contribution is 7.15. The van der Waals surface area contributed by atoms with Gasteiger partial charge in [-0.05, 0) is 43.3 Å². The van der Waals surface area contributed by atoms with E-state index in [4.69, 9.17) is 9.72 Å². The maximum Gasteiger partial charge on any atom is 0.281 e. The topological polar surface area (TPSA) is 53.5 Å². The summed E-state index contributed by atoms with van der Waals surface area (Å²) >= 11 is 1.53. The number of thiazole rings is 1. The monoisotopic (exact) mass is 416 g/mol. The maximum absolute atomic E-state index is 13.4. The number of ether oxygens (including phenoxy) is 1. The van der Waals surface area contributed by atoms with Gasteiger partial charge in [0.05, 0.1) is 29.7 Å². The van der Waals surface area contributed by atoms with Crippen LogP contribution in [-0.2, 0) is 7.05 Å². The van der Waals surface area contributed by atoms with Crippen LogP contribution in [0.3, 0.4) is 0 Å². The minimum atomic E-state index is -0.0411. The van der Waals surface area contributed by atoms with Crippen molar-refractivity contribution < 1.29 is 4.74 Å². The van der Waals surface area contributed by atoms with Gasteiger partial charge < -0.3 is 4.74 Å². The van der Waals surface area contributed by atoms with Gasteiger partial charge in [0.25, 0.3) is 5.56 Å². The summed E-state index contributed by atoms with van der Waals surface area (Å²) < 4.78 is 10.8. The van der Waals surface area contributed by atoms with Gasteiger partial charge in [0.15, 0.2) is 4.96 Å². The third-order valence-electron chi connectivity index (χ3n) is 5.41. The number of methoxy groups -OCH3 is 1. The maximum atomic E-state index is 13.4. The van der Waals surface area contributed by atoms with Crippen LogP contribution in [0.4, 0.5) is 0 Å². The molecule has 0 spiro atoms. The zero-order valence-electron chi connectivity index (χ0n) is 16.9. The molecule has 0 aliphatic carbocycles. The predicted molar refractivity (Wildman–Crippen MR) is 120 cm³/mol. The summed E-state index contributed by atoms with van der Waals surface area (Å²) in [6.45, 7) is 1.97. The van der Waals surface area contributed by atoms with Gasteiger partial charge in [0, 0.05) is 29.9 Å². The fraction of sp³-hybridized carbons (Fsp3) is 0.130. The van der Waals surface area contributed by atoms with Gasteiger partial charge in [0.2, 0.25) is 0 Å². The van der Waals surface area contributed by atoms with Gasteiger partial charge in [-0.25, -0.2) is 9.67 Å². The molecule has 3 aromatic heterocycles. The first-order chi connectivity index (χ1) is 14.6. The van der Waals surface area contributed by atoms with Gasteiger partial charge in [-0.3, -0.25) is 13.9 Å². The first kappa shape index (κ1) is 18.4. The van der Waals surface area contributed by atoms with Crippen molar-refractivity contribution in [3.8, 4) is 34.0 Å². The molecule has 0 fully saturated rings. The average molecular weight is 417 g/mol. The van der Waals surface area contributed by atoms with E-state index in [2.05, 4.69) is 0 Å². The van der Waals surface area contributed by atoms with Crippen molar-refractivity contribution >= 4 is 16.3 Å². The normalized spacial score (nSPS) is 11.3. The van der Waals surface area contributed by atoms with Crippen LogP contribution in [0.1, 0.15) is 5.69 Å². The number of aromatic nitrogens is 4. The summed E-state index contributed by atoms with van der Waals surface area (Å²) in [7, 11) is 3.56. The highest BCUT2D eigenvalue weighted by Crippen LogP contribution is 2.30. The van der Waals surface area contributed by atoms with Crippen LogP contribution in [-0.4, -0.2) is 25.9 Å². The number of imidazole rings is 1. The van der Waals surface area contributed by atoms with Crippen LogP contribution in [0.15, 0.2) is 71.0 Å². The van der Waals surface area contributed by atoms with E-state index in [1.54, 1.807) is 11.8 Å². The van der Waals surface area contributed by atoms with E-state index in [1.807, 2.05) is 89.2 Å². The lowest BCUT2D eigenvalue weighted by Gasteiger charge is -2.07. The van der Waals surface area contributed by atoms with Crippen molar-refractivity contribution in [3.63, 3.8) is 0 Å². The van der Waals surface area contributed by atoms with Crippen LogP contribution in [0.2, 0.25) is 0 Å². The van der Waals surface area contributed by atoms with Crippen LogP contribution in [0, 0.1) is 6.92 Å². The molecule has 5 rings (SSSR count). The first-order valence-corrected chi connectivity index (χ1v) is 10.4. The van der Waals surface area contributed by atoms with Crippen molar-refractivity contribution in [2.24, 2.45) is 7.05 Å². The van der Waals surface area contributed by atoms with Crippen molar-refractivity contribution in [2.45, 2.75) is 6.92 Å². The van der Waals surface area contributed by atoms with E-state index in [-0.39, 0.29) is 5.56 Å². The van der Waals surface area contributed by atoms with E-state index >= 15 is 0 Å². The minimum Gasteiger partial charge on any atom is -0.497 e. The Labute approximate surface area is 177 Å². The molecule has 0 saturated heterocycles. The largest absolute Gasteiger partial charge is 0.497 e. The molecule has 3 heterocycles. The Morgan fingerprint density at radius 2 is 1.77 bits per heavy atom. The van der Waals surface area contributed by atoms with Gasteiger partial charge in [-0.15, -0.1) is 11.3 Å². The van der Waals surface area contributed by atoms with E-state index in [0.29, 0.717) is 5.56 Å². The molecular formula is C23H20N4O2S. The Morgan fingerprint density at radius 1 is 1.03 bits per heavy atom. The summed E-state index contributed by atoms with van der Waals surface area (Å²) in [6.07, 6.45) is 1.99. The van der Waals surface area contributed by atoms with Crippen molar-refractivity contribution in [1.82, 2.24) is 18.7 Å². The summed E-state index contributed by atoms with van der Waals surface area (Å²) in [6, 6.07) is 17.5. The van der Waals surface area contributed by atoms with Crippen LogP contribution in [0.25, 0.3) is 33.2 Å². The van der Waals surface area contributed by atoms with Gasteiger partial charge in [-0.1, -0.05) is 18.2 Å². The summed E-state index contributed by atoms with van der Waals surface area (Å²) in [4.78, 5) is 19.0. The molecule has 0 unspecified atom stereocenters. The summed E-state index contributed by atoms with van der Waals surface area (Å²) in [5, 5.41) is 2.00. The lowest BCUT2D eigenvalue weighted by molar-refractivity contribution is 0.415. The lowest BCUT2D eigenvalue weighted by atomic mass is 10.1. The smallest absolute Gasteiger partial charge is 0.281 e. The first-order valence-electron chi connectivity index (χ1n) is 9.54. The highest BCUT2D eigenvalue weighted by atomic mass is 32.1. The fourth-order valence-electron chi connectivity index (χ4n) is 3.73. The molecule has 0 saturated carbocycles. The molecule has 2 aromatic carbocycles. The molecule has 0 N–H and O–H groups in total. The van der Waals surface area contributed by atoms with Crippen molar-refractivity contribution in [1.29, 1.82) is 0 Å². The Kier molecular flexibility index (Phi) is 4.33. The Morgan fingerprint density at radius 3 is 2.47 bits per heavy atom. The molecule has 30 heavy (non-hydrogen) atoms. The SMILES string of the molecule is COc1ccc(-c2cn3c(-c4c(C)n(C)n(-c5ccccc5)c4=O)csc3n2)cc1. The van der Waals surface area contributed by atoms with Crippen LogP contribution >= 0.6 is 11.3 Å². The van der Waals surface area contributed by atoms with E-state index < -0.39 is 0 Å². The third kappa shape index (κ3) is 2.78. The van der Waals surface area contributed by atoms with Gasteiger partial charge >= 0.3 is 0 Å². The fourth-order valence-corrected chi connectivity index (χ4v) is 4.59. The average Bonchev–Trinajstić information content (AvgIpc) is 3.42. The van der Waals surface area contributed by atoms with Crippen molar-refractivity contribution in [3.05, 3.63) is 82.2 Å². The lowest BCUT2D eigenvalue weighted by Crippen LogP contribution is -2.20.